The zero-order valence-corrected chi connectivity index (χ0v) is 13.4. The van der Waals surface area contributed by atoms with Crippen LogP contribution >= 0.6 is 11.3 Å². The monoisotopic (exact) mass is 297 g/mol. The fourth-order valence-electron chi connectivity index (χ4n) is 2.36. The maximum Gasteiger partial charge on any atom is 0.138 e. The van der Waals surface area contributed by atoms with E-state index in [1.165, 1.54) is 16.0 Å². The fraction of sp³-hybridized carbons (Fsp3) is 0.294. The molecular weight excluding hydrogens is 278 g/mol. The summed E-state index contributed by atoms with van der Waals surface area (Å²) < 4.78 is 0. The molecule has 0 unspecified atom stereocenters. The zero-order chi connectivity index (χ0) is 14.8. The third-order valence-electron chi connectivity index (χ3n) is 3.45. The maximum atomic E-state index is 4.54. The third kappa shape index (κ3) is 3.22. The summed E-state index contributed by atoms with van der Waals surface area (Å²) in [5.74, 6) is 1.77. The number of thiophene rings is 1. The number of nitrogens with zero attached hydrogens (tertiary/aromatic N) is 2. The molecule has 0 aliphatic rings. The van der Waals surface area contributed by atoms with E-state index in [2.05, 4.69) is 59.5 Å². The SMILES string of the molecule is Cc1ccc(CCNc2nc(C)nc3sc(C)cc23)cc1. The van der Waals surface area contributed by atoms with Crippen LogP contribution in [0.2, 0.25) is 0 Å². The van der Waals surface area contributed by atoms with Crippen LogP contribution < -0.4 is 5.32 Å². The van der Waals surface area contributed by atoms with Crippen molar-refractivity contribution in [1.29, 1.82) is 0 Å². The Balaban J connectivity index is 1.74. The van der Waals surface area contributed by atoms with Crippen molar-refractivity contribution >= 4 is 27.4 Å². The van der Waals surface area contributed by atoms with Crippen molar-refractivity contribution in [1.82, 2.24) is 9.97 Å². The standard InChI is InChI=1S/C17H19N3S/c1-11-4-6-14(7-5-11)8-9-18-16-15-10-12(2)21-17(15)20-13(3)19-16/h4-7,10H,8-9H2,1-3H3,(H,18,19,20). The molecule has 1 N–H and O–H groups in total. The highest BCUT2D eigenvalue weighted by Crippen LogP contribution is 2.28. The predicted octanol–water partition coefficient (Wildman–Crippen LogP) is 4.27. The van der Waals surface area contributed by atoms with E-state index in [1.54, 1.807) is 11.3 Å². The van der Waals surface area contributed by atoms with Gasteiger partial charge >= 0.3 is 0 Å². The minimum Gasteiger partial charge on any atom is -0.369 e. The molecule has 0 aliphatic heterocycles. The highest BCUT2D eigenvalue weighted by Gasteiger charge is 2.08. The summed E-state index contributed by atoms with van der Waals surface area (Å²) in [6, 6.07) is 10.8. The van der Waals surface area contributed by atoms with Gasteiger partial charge in [0.1, 0.15) is 16.5 Å². The van der Waals surface area contributed by atoms with E-state index in [0.29, 0.717) is 0 Å². The van der Waals surface area contributed by atoms with Crippen LogP contribution in [0.5, 0.6) is 0 Å². The first-order valence-corrected chi connectivity index (χ1v) is 7.97. The van der Waals surface area contributed by atoms with E-state index < -0.39 is 0 Å². The van der Waals surface area contributed by atoms with Gasteiger partial charge in [-0.25, -0.2) is 9.97 Å². The van der Waals surface area contributed by atoms with Crippen molar-refractivity contribution in [3.05, 3.63) is 52.2 Å². The topological polar surface area (TPSA) is 37.8 Å². The van der Waals surface area contributed by atoms with Crippen LogP contribution in [0.4, 0.5) is 5.82 Å². The van der Waals surface area contributed by atoms with Gasteiger partial charge in [0.2, 0.25) is 0 Å². The molecule has 108 valence electrons. The lowest BCUT2D eigenvalue weighted by atomic mass is 10.1. The number of benzene rings is 1. The van der Waals surface area contributed by atoms with Gasteiger partial charge in [0.25, 0.3) is 0 Å². The summed E-state index contributed by atoms with van der Waals surface area (Å²) >= 11 is 1.72. The van der Waals surface area contributed by atoms with Crippen LogP contribution in [0.1, 0.15) is 21.8 Å². The molecule has 0 amide bonds. The largest absolute Gasteiger partial charge is 0.369 e. The quantitative estimate of drug-likeness (QED) is 0.781. The number of hydrogen-bond donors (Lipinski definition) is 1. The Labute approximate surface area is 129 Å². The molecule has 3 aromatic rings. The fourth-order valence-corrected chi connectivity index (χ4v) is 3.29. The number of aromatic nitrogens is 2. The van der Waals surface area contributed by atoms with Gasteiger partial charge in [-0.3, -0.25) is 0 Å². The van der Waals surface area contributed by atoms with E-state index in [9.17, 15) is 0 Å². The molecule has 0 radical (unpaired) electrons. The minimum atomic E-state index is 0.821. The van der Waals surface area contributed by atoms with Gasteiger partial charge in [0, 0.05) is 11.4 Å². The summed E-state index contributed by atoms with van der Waals surface area (Å²) in [6.07, 6.45) is 0.994. The molecule has 3 rings (SSSR count). The van der Waals surface area contributed by atoms with Crippen molar-refractivity contribution in [3.63, 3.8) is 0 Å². The van der Waals surface area contributed by atoms with Gasteiger partial charge in [-0.1, -0.05) is 29.8 Å². The number of fused-ring (bicyclic) bond motifs is 1. The smallest absolute Gasteiger partial charge is 0.138 e. The molecule has 2 aromatic heterocycles. The lowest BCUT2D eigenvalue weighted by molar-refractivity contribution is 0.994. The minimum absolute atomic E-state index is 0.821. The summed E-state index contributed by atoms with van der Waals surface area (Å²) in [4.78, 5) is 11.4. The first-order valence-electron chi connectivity index (χ1n) is 7.16. The van der Waals surface area contributed by atoms with Crippen molar-refractivity contribution in [2.45, 2.75) is 27.2 Å². The number of nitrogens with one attached hydrogen (secondary N) is 1. The van der Waals surface area contributed by atoms with Crippen LogP contribution in [0, 0.1) is 20.8 Å². The summed E-state index contributed by atoms with van der Waals surface area (Å²) in [5, 5.41) is 4.59. The van der Waals surface area contributed by atoms with Crippen LogP contribution in [0.25, 0.3) is 10.2 Å². The second-order valence-electron chi connectivity index (χ2n) is 5.36. The highest BCUT2D eigenvalue weighted by molar-refractivity contribution is 7.18. The lowest BCUT2D eigenvalue weighted by Gasteiger charge is -2.08. The first-order chi connectivity index (χ1) is 10.1. The number of hydrogen-bond acceptors (Lipinski definition) is 4. The molecule has 3 nitrogen and oxygen atoms in total. The molecule has 4 heteroatoms. The zero-order valence-electron chi connectivity index (χ0n) is 12.6. The summed E-state index contributed by atoms with van der Waals surface area (Å²) in [6.45, 7) is 7.04. The van der Waals surface area contributed by atoms with Crippen molar-refractivity contribution < 1.29 is 0 Å². The second-order valence-corrected chi connectivity index (χ2v) is 6.59. The van der Waals surface area contributed by atoms with Gasteiger partial charge in [-0.05, 0) is 38.8 Å². The van der Waals surface area contributed by atoms with E-state index in [4.69, 9.17) is 0 Å². The summed E-state index contributed by atoms with van der Waals surface area (Å²) in [7, 11) is 0. The molecule has 0 saturated heterocycles. The number of anilines is 1. The Hall–Kier alpha value is -1.94. The molecule has 0 bridgehead atoms. The first kappa shape index (κ1) is 14.0. The van der Waals surface area contributed by atoms with Gasteiger partial charge < -0.3 is 5.32 Å². The van der Waals surface area contributed by atoms with E-state index in [-0.39, 0.29) is 0 Å². The average Bonchev–Trinajstić information content (AvgIpc) is 2.81. The molecule has 0 spiro atoms. The van der Waals surface area contributed by atoms with Gasteiger partial charge in [-0.15, -0.1) is 11.3 Å². The molecule has 0 atom stereocenters. The van der Waals surface area contributed by atoms with Crippen molar-refractivity contribution in [3.8, 4) is 0 Å². The van der Waals surface area contributed by atoms with E-state index in [0.717, 1.165) is 34.8 Å². The van der Waals surface area contributed by atoms with Gasteiger partial charge in [0.15, 0.2) is 0 Å². The Morgan fingerprint density at radius 1 is 1.05 bits per heavy atom. The Bertz CT molecular complexity index is 760. The average molecular weight is 297 g/mol. The lowest BCUT2D eigenvalue weighted by Crippen LogP contribution is -2.07. The van der Waals surface area contributed by atoms with E-state index in [1.807, 2.05) is 6.92 Å². The maximum absolute atomic E-state index is 4.54. The molecule has 2 heterocycles. The molecule has 1 aromatic carbocycles. The van der Waals surface area contributed by atoms with E-state index >= 15 is 0 Å². The normalized spacial score (nSPS) is 11.0. The molecule has 0 saturated carbocycles. The Morgan fingerprint density at radius 3 is 2.57 bits per heavy atom. The molecular formula is C17H19N3S. The van der Waals surface area contributed by atoms with Crippen LogP contribution in [0.3, 0.4) is 0 Å². The predicted molar refractivity (Wildman–Crippen MR) is 90.3 cm³/mol. The summed E-state index contributed by atoms with van der Waals surface area (Å²) in [5.41, 5.74) is 2.64. The molecule has 0 aliphatic carbocycles. The molecule has 21 heavy (non-hydrogen) atoms. The molecule has 0 fully saturated rings. The van der Waals surface area contributed by atoms with Crippen LogP contribution in [-0.2, 0) is 6.42 Å². The van der Waals surface area contributed by atoms with Crippen molar-refractivity contribution in [2.24, 2.45) is 0 Å². The van der Waals surface area contributed by atoms with Gasteiger partial charge in [0.05, 0.1) is 5.39 Å². The second kappa shape index (κ2) is 5.82. The Kier molecular flexibility index (Phi) is 3.88. The van der Waals surface area contributed by atoms with Gasteiger partial charge in [-0.2, -0.15) is 0 Å². The van der Waals surface area contributed by atoms with Crippen LogP contribution in [0.15, 0.2) is 30.3 Å². The third-order valence-corrected chi connectivity index (χ3v) is 4.40. The highest BCUT2D eigenvalue weighted by atomic mass is 32.1. The van der Waals surface area contributed by atoms with Crippen molar-refractivity contribution in [2.75, 3.05) is 11.9 Å². The number of rotatable bonds is 4. The van der Waals surface area contributed by atoms with Crippen LogP contribution in [-0.4, -0.2) is 16.5 Å². The Morgan fingerprint density at radius 2 is 1.81 bits per heavy atom. The number of aryl methyl sites for hydroxylation is 3.